The predicted octanol–water partition coefficient (Wildman–Crippen LogP) is 4.23. The minimum Gasteiger partial charge on any atom is -0.366 e. The molecule has 7 nitrogen and oxygen atoms in total. The van der Waals surface area contributed by atoms with Crippen LogP contribution in [-0.2, 0) is 7.05 Å². The molecule has 0 radical (unpaired) electrons. The van der Waals surface area contributed by atoms with Gasteiger partial charge in [0.1, 0.15) is 5.02 Å². The molecule has 2 unspecified atom stereocenters. The zero-order valence-electron chi connectivity index (χ0n) is 17.8. The largest absolute Gasteiger partial charge is 0.366 e. The van der Waals surface area contributed by atoms with Gasteiger partial charge in [-0.05, 0) is 40.0 Å². The van der Waals surface area contributed by atoms with Crippen LogP contribution in [0.2, 0.25) is 5.02 Å². The van der Waals surface area contributed by atoms with E-state index in [4.69, 9.17) is 11.6 Å². The Balaban J connectivity index is 1.74. The van der Waals surface area contributed by atoms with Crippen LogP contribution in [0, 0.1) is 12.8 Å². The molecule has 2 N–H and O–H groups in total. The maximum absolute atomic E-state index is 6.40. The fraction of sp³-hybridized carbons (Fsp3) is 0.650. The number of halogens is 1. The highest BCUT2D eigenvalue weighted by Gasteiger charge is 2.33. The lowest BCUT2D eigenvalue weighted by molar-refractivity contribution is 0.0711. The average molecular weight is 406 g/mol. The molecule has 1 aliphatic heterocycles. The molecule has 154 valence electrons. The Hall–Kier alpha value is -1.86. The molecular formula is C20H32ClN7. The average Bonchev–Trinajstić information content (AvgIpc) is 2.94. The number of hydrogen-bond acceptors (Lipinski definition) is 6. The van der Waals surface area contributed by atoms with Gasteiger partial charge in [-0.3, -0.25) is 9.58 Å². The molecule has 2 atom stereocenters. The van der Waals surface area contributed by atoms with Crippen molar-refractivity contribution < 1.29 is 0 Å². The van der Waals surface area contributed by atoms with Gasteiger partial charge in [0, 0.05) is 37.9 Å². The standard InChI is InChI=1S/C20H32ClN7/c1-7-14-11-28(20(3,4)5)9-8-16(14)23-18-15(21)10-22-19(25-18)24-17-12-27(6)26-13(17)2/h10,12,14,16H,7-9,11H2,1-6H3,(H2,22,23,24,25). The molecule has 2 aromatic heterocycles. The van der Waals surface area contributed by atoms with Crippen LogP contribution in [0.3, 0.4) is 0 Å². The quantitative estimate of drug-likeness (QED) is 0.775. The summed E-state index contributed by atoms with van der Waals surface area (Å²) < 4.78 is 1.77. The van der Waals surface area contributed by atoms with E-state index in [2.05, 4.69) is 58.3 Å². The van der Waals surface area contributed by atoms with Crippen LogP contribution in [0.4, 0.5) is 17.5 Å². The van der Waals surface area contributed by atoms with Gasteiger partial charge in [0.2, 0.25) is 5.95 Å². The molecule has 1 saturated heterocycles. The normalized spacial score (nSPS) is 21.0. The Morgan fingerprint density at radius 2 is 2.07 bits per heavy atom. The Bertz CT molecular complexity index is 811. The fourth-order valence-electron chi connectivity index (χ4n) is 3.79. The number of rotatable bonds is 5. The maximum atomic E-state index is 6.40. The van der Waals surface area contributed by atoms with Crippen molar-refractivity contribution >= 4 is 29.1 Å². The molecule has 3 heterocycles. The first-order chi connectivity index (χ1) is 13.2. The van der Waals surface area contributed by atoms with E-state index in [1.165, 1.54) is 0 Å². The van der Waals surface area contributed by atoms with Crippen LogP contribution in [0.1, 0.15) is 46.2 Å². The number of nitrogens with one attached hydrogen (secondary N) is 2. The number of aryl methyl sites for hydroxylation is 2. The van der Waals surface area contributed by atoms with Gasteiger partial charge in [0.15, 0.2) is 5.82 Å². The highest BCUT2D eigenvalue weighted by atomic mass is 35.5. The second-order valence-electron chi connectivity index (χ2n) is 8.64. The Kier molecular flexibility index (Phi) is 6.15. The summed E-state index contributed by atoms with van der Waals surface area (Å²) in [6.45, 7) is 13.2. The fourth-order valence-corrected chi connectivity index (χ4v) is 3.94. The lowest BCUT2D eigenvalue weighted by atomic mass is 9.87. The van der Waals surface area contributed by atoms with Gasteiger partial charge in [0.05, 0.1) is 17.6 Å². The monoisotopic (exact) mass is 405 g/mol. The highest BCUT2D eigenvalue weighted by Crippen LogP contribution is 2.30. The van der Waals surface area contributed by atoms with Crippen molar-refractivity contribution in [3.05, 3.63) is 23.1 Å². The molecule has 2 aromatic rings. The molecule has 0 spiro atoms. The SMILES string of the molecule is CCC1CN(C(C)(C)C)CCC1Nc1nc(Nc2cn(C)nc2C)ncc1Cl. The van der Waals surface area contributed by atoms with Gasteiger partial charge in [0.25, 0.3) is 0 Å². The zero-order valence-corrected chi connectivity index (χ0v) is 18.5. The summed E-state index contributed by atoms with van der Waals surface area (Å²) in [6, 6.07) is 0.351. The molecule has 0 aliphatic carbocycles. The third-order valence-electron chi connectivity index (χ3n) is 5.53. The van der Waals surface area contributed by atoms with Gasteiger partial charge in [-0.2, -0.15) is 10.1 Å². The highest BCUT2D eigenvalue weighted by molar-refractivity contribution is 6.32. The molecule has 0 aromatic carbocycles. The molecule has 3 rings (SSSR count). The Morgan fingerprint density at radius 1 is 1.32 bits per heavy atom. The summed E-state index contributed by atoms with van der Waals surface area (Å²) in [5.41, 5.74) is 1.99. The maximum Gasteiger partial charge on any atom is 0.229 e. The number of likely N-dealkylation sites (tertiary alicyclic amines) is 1. The Labute approximate surface area is 172 Å². The second kappa shape index (κ2) is 8.25. The number of piperidine rings is 1. The van der Waals surface area contributed by atoms with Gasteiger partial charge < -0.3 is 10.6 Å². The first-order valence-electron chi connectivity index (χ1n) is 9.98. The van der Waals surface area contributed by atoms with Crippen molar-refractivity contribution in [2.75, 3.05) is 23.7 Å². The van der Waals surface area contributed by atoms with E-state index in [1.807, 2.05) is 20.2 Å². The Morgan fingerprint density at radius 3 is 2.68 bits per heavy atom. The number of anilines is 3. The zero-order chi connectivity index (χ0) is 20.5. The smallest absolute Gasteiger partial charge is 0.229 e. The minimum absolute atomic E-state index is 0.198. The predicted molar refractivity (Wildman–Crippen MR) is 115 cm³/mol. The van der Waals surface area contributed by atoms with Gasteiger partial charge in [-0.25, -0.2) is 4.98 Å². The summed E-state index contributed by atoms with van der Waals surface area (Å²) in [7, 11) is 1.89. The van der Waals surface area contributed by atoms with E-state index < -0.39 is 0 Å². The second-order valence-corrected chi connectivity index (χ2v) is 9.05. The lowest BCUT2D eigenvalue weighted by Crippen LogP contribution is -2.53. The molecule has 1 fully saturated rings. The third kappa shape index (κ3) is 4.75. The van der Waals surface area contributed by atoms with E-state index in [9.17, 15) is 0 Å². The molecule has 0 bridgehead atoms. The molecule has 0 amide bonds. The summed E-state index contributed by atoms with van der Waals surface area (Å²) in [5.74, 6) is 1.76. The molecule has 1 aliphatic rings. The van der Waals surface area contributed by atoms with E-state index in [0.717, 1.165) is 37.3 Å². The van der Waals surface area contributed by atoms with Crippen LogP contribution in [-0.4, -0.2) is 49.3 Å². The van der Waals surface area contributed by atoms with Crippen LogP contribution in [0.25, 0.3) is 0 Å². The first-order valence-corrected chi connectivity index (χ1v) is 10.4. The summed E-state index contributed by atoms with van der Waals surface area (Å²) in [4.78, 5) is 11.5. The van der Waals surface area contributed by atoms with Crippen molar-refractivity contribution in [1.82, 2.24) is 24.6 Å². The molecule has 0 saturated carbocycles. The van der Waals surface area contributed by atoms with Crippen molar-refractivity contribution in [3.63, 3.8) is 0 Å². The van der Waals surface area contributed by atoms with Crippen LogP contribution in [0.5, 0.6) is 0 Å². The topological polar surface area (TPSA) is 70.9 Å². The lowest BCUT2D eigenvalue weighted by Gasteiger charge is -2.45. The van der Waals surface area contributed by atoms with E-state index in [1.54, 1.807) is 10.9 Å². The van der Waals surface area contributed by atoms with Gasteiger partial charge >= 0.3 is 0 Å². The summed E-state index contributed by atoms with van der Waals surface area (Å²) >= 11 is 6.40. The van der Waals surface area contributed by atoms with Crippen molar-refractivity contribution in [2.24, 2.45) is 13.0 Å². The summed E-state index contributed by atoms with van der Waals surface area (Å²) in [6.07, 6.45) is 5.75. The first kappa shape index (κ1) is 20.9. The van der Waals surface area contributed by atoms with Crippen molar-refractivity contribution in [3.8, 4) is 0 Å². The molecular weight excluding hydrogens is 374 g/mol. The van der Waals surface area contributed by atoms with Crippen LogP contribution >= 0.6 is 11.6 Å². The van der Waals surface area contributed by atoms with E-state index >= 15 is 0 Å². The number of nitrogens with zero attached hydrogens (tertiary/aromatic N) is 5. The molecule has 28 heavy (non-hydrogen) atoms. The van der Waals surface area contributed by atoms with Gasteiger partial charge in [-0.15, -0.1) is 0 Å². The number of hydrogen-bond donors (Lipinski definition) is 2. The van der Waals surface area contributed by atoms with E-state index in [-0.39, 0.29) is 5.54 Å². The molecule has 8 heteroatoms. The minimum atomic E-state index is 0.198. The van der Waals surface area contributed by atoms with Crippen molar-refractivity contribution in [2.45, 2.75) is 59.0 Å². The van der Waals surface area contributed by atoms with Gasteiger partial charge in [-0.1, -0.05) is 24.9 Å². The van der Waals surface area contributed by atoms with E-state index in [0.29, 0.717) is 28.7 Å². The number of aromatic nitrogens is 4. The van der Waals surface area contributed by atoms with Crippen LogP contribution in [0.15, 0.2) is 12.4 Å². The summed E-state index contributed by atoms with van der Waals surface area (Å²) in [5, 5.41) is 11.7. The van der Waals surface area contributed by atoms with Crippen molar-refractivity contribution in [1.29, 1.82) is 0 Å². The third-order valence-corrected chi connectivity index (χ3v) is 5.81. The van der Waals surface area contributed by atoms with Crippen LogP contribution < -0.4 is 10.6 Å².